The predicted molar refractivity (Wildman–Crippen MR) is 67.2 cm³/mol. The van der Waals surface area contributed by atoms with Crippen molar-refractivity contribution >= 4 is 23.0 Å². The molecule has 1 aromatic carbocycles. The van der Waals surface area contributed by atoms with Gasteiger partial charge in [-0.1, -0.05) is 11.6 Å². The number of benzene rings is 1. The molecular formula is C12H17ClN2. The number of hydrogen-bond donors (Lipinski definition) is 1. The molecule has 0 atom stereocenters. The van der Waals surface area contributed by atoms with E-state index in [-0.39, 0.29) is 5.54 Å². The van der Waals surface area contributed by atoms with Gasteiger partial charge in [-0.25, -0.2) is 0 Å². The Balaban J connectivity index is 2.57. The second kappa shape index (κ2) is 3.31. The van der Waals surface area contributed by atoms with Crippen molar-refractivity contribution in [1.29, 1.82) is 0 Å². The molecule has 0 amide bonds. The lowest BCUT2D eigenvalue weighted by atomic mass is 9.97. The van der Waals surface area contributed by atoms with Crippen molar-refractivity contribution in [1.82, 2.24) is 0 Å². The molecule has 1 heterocycles. The Labute approximate surface area is 96.2 Å². The summed E-state index contributed by atoms with van der Waals surface area (Å²) in [6.07, 6.45) is 0. The van der Waals surface area contributed by atoms with E-state index in [0.29, 0.717) is 0 Å². The molecule has 2 rings (SSSR count). The Hall–Kier alpha value is -0.890. The molecule has 0 aromatic heterocycles. The summed E-state index contributed by atoms with van der Waals surface area (Å²) in [6, 6.07) is 4.01. The van der Waals surface area contributed by atoms with E-state index >= 15 is 0 Å². The van der Waals surface area contributed by atoms with E-state index in [1.54, 1.807) is 0 Å². The van der Waals surface area contributed by atoms with E-state index in [2.05, 4.69) is 38.0 Å². The third-order valence-corrected chi connectivity index (χ3v) is 3.44. The summed E-state index contributed by atoms with van der Waals surface area (Å²) in [7, 11) is 2.14. The van der Waals surface area contributed by atoms with Crippen LogP contribution in [0.15, 0.2) is 12.1 Å². The van der Waals surface area contributed by atoms with E-state index in [9.17, 15) is 0 Å². The number of rotatable bonds is 0. The standard InChI is InChI=1S/C12H17ClN2/c1-8-5-9(13)6-10-11(8)15(4)12(2,3)7-14-10/h5-6,14H,7H2,1-4H3. The molecule has 0 saturated carbocycles. The molecule has 0 aliphatic carbocycles. The maximum atomic E-state index is 6.04. The van der Waals surface area contributed by atoms with E-state index in [4.69, 9.17) is 11.6 Å². The molecule has 0 bridgehead atoms. The fourth-order valence-electron chi connectivity index (χ4n) is 2.05. The van der Waals surface area contributed by atoms with E-state index < -0.39 is 0 Å². The highest BCUT2D eigenvalue weighted by Crippen LogP contribution is 2.39. The monoisotopic (exact) mass is 224 g/mol. The highest BCUT2D eigenvalue weighted by atomic mass is 35.5. The van der Waals surface area contributed by atoms with Crippen LogP contribution in [0, 0.1) is 6.92 Å². The molecule has 1 aliphatic heterocycles. The van der Waals surface area contributed by atoms with Gasteiger partial charge in [0.1, 0.15) is 0 Å². The zero-order valence-electron chi connectivity index (χ0n) is 9.69. The fraction of sp³-hybridized carbons (Fsp3) is 0.500. The van der Waals surface area contributed by atoms with Gasteiger partial charge in [-0.2, -0.15) is 0 Å². The maximum absolute atomic E-state index is 6.04. The molecule has 15 heavy (non-hydrogen) atoms. The molecule has 2 nitrogen and oxygen atoms in total. The summed E-state index contributed by atoms with van der Waals surface area (Å²) < 4.78 is 0. The molecular weight excluding hydrogens is 208 g/mol. The molecule has 1 N–H and O–H groups in total. The van der Waals surface area contributed by atoms with Crippen LogP contribution in [0.5, 0.6) is 0 Å². The number of aryl methyl sites for hydroxylation is 1. The van der Waals surface area contributed by atoms with Crippen LogP contribution in [0.25, 0.3) is 0 Å². The van der Waals surface area contributed by atoms with Gasteiger partial charge in [-0.05, 0) is 38.5 Å². The van der Waals surface area contributed by atoms with Crippen LogP contribution in [-0.2, 0) is 0 Å². The minimum atomic E-state index is 0.144. The number of fused-ring (bicyclic) bond motifs is 1. The van der Waals surface area contributed by atoms with Crippen LogP contribution in [0.3, 0.4) is 0 Å². The molecule has 0 unspecified atom stereocenters. The van der Waals surface area contributed by atoms with Gasteiger partial charge in [-0.15, -0.1) is 0 Å². The summed E-state index contributed by atoms with van der Waals surface area (Å²) in [6.45, 7) is 7.51. The zero-order valence-corrected chi connectivity index (χ0v) is 10.4. The van der Waals surface area contributed by atoms with Crippen molar-refractivity contribution in [2.45, 2.75) is 26.3 Å². The predicted octanol–water partition coefficient (Wildman–Crippen LogP) is 3.29. The number of hydrogen-bond acceptors (Lipinski definition) is 2. The number of likely N-dealkylation sites (N-methyl/N-ethyl adjacent to an activating group) is 1. The second-order valence-electron chi connectivity index (χ2n) is 4.84. The van der Waals surface area contributed by atoms with Crippen molar-refractivity contribution in [2.75, 3.05) is 23.8 Å². The van der Waals surface area contributed by atoms with Crippen molar-refractivity contribution in [3.63, 3.8) is 0 Å². The number of nitrogens with one attached hydrogen (secondary N) is 1. The average molecular weight is 225 g/mol. The van der Waals surface area contributed by atoms with Gasteiger partial charge in [0.05, 0.1) is 16.9 Å². The van der Waals surface area contributed by atoms with Crippen molar-refractivity contribution in [2.24, 2.45) is 0 Å². The Bertz CT molecular complexity index is 399. The third kappa shape index (κ3) is 1.67. The first-order chi connectivity index (χ1) is 6.92. The van der Waals surface area contributed by atoms with Crippen molar-refractivity contribution in [3.05, 3.63) is 22.7 Å². The van der Waals surface area contributed by atoms with Gasteiger partial charge in [-0.3, -0.25) is 0 Å². The van der Waals surface area contributed by atoms with Crippen LogP contribution in [-0.4, -0.2) is 19.1 Å². The topological polar surface area (TPSA) is 15.3 Å². The second-order valence-corrected chi connectivity index (χ2v) is 5.28. The quantitative estimate of drug-likeness (QED) is 0.728. The largest absolute Gasteiger partial charge is 0.381 e. The molecule has 3 heteroatoms. The first-order valence-electron chi connectivity index (χ1n) is 5.20. The zero-order chi connectivity index (χ0) is 11.2. The Morgan fingerprint density at radius 1 is 1.40 bits per heavy atom. The van der Waals surface area contributed by atoms with Gasteiger partial charge in [0.15, 0.2) is 0 Å². The third-order valence-electron chi connectivity index (χ3n) is 3.22. The van der Waals surface area contributed by atoms with E-state index in [0.717, 1.165) is 17.3 Å². The lowest BCUT2D eigenvalue weighted by molar-refractivity contribution is 0.502. The van der Waals surface area contributed by atoms with E-state index in [1.165, 1.54) is 11.3 Å². The highest BCUT2D eigenvalue weighted by molar-refractivity contribution is 6.31. The highest BCUT2D eigenvalue weighted by Gasteiger charge is 2.30. The van der Waals surface area contributed by atoms with Crippen molar-refractivity contribution < 1.29 is 0 Å². The minimum Gasteiger partial charge on any atom is -0.381 e. The summed E-state index contributed by atoms with van der Waals surface area (Å²) >= 11 is 6.04. The Morgan fingerprint density at radius 2 is 2.07 bits per heavy atom. The van der Waals surface area contributed by atoms with Gasteiger partial charge >= 0.3 is 0 Å². The van der Waals surface area contributed by atoms with Gasteiger partial charge in [0, 0.05) is 18.6 Å². The molecule has 0 spiro atoms. The summed E-state index contributed by atoms with van der Waals surface area (Å²) in [4.78, 5) is 2.32. The maximum Gasteiger partial charge on any atom is 0.0635 e. The normalized spacial score (nSPS) is 18.3. The lowest BCUT2D eigenvalue weighted by Crippen LogP contribution is -2.50. The van der Waals surface area contributed by atoms with Crippen LogP contribution >= 0.6 is 11.6 Å². The summed E-state index contributed by atoms with van der Waals surface area (Å²) in [5.41, 5.74) is 3.77. The smallest absolute Gasteiger partial charge is 0.0635 e. The lowest BCUT2D eigenvalue weighted by Gasteiger charge is -2.44. The molecule has 0 fully saturated rings. The average Bonchev–Trinajstić information content (AvgIpc) is 2.11. The molecule has 1 aromatic rings. The van der Waals surface area contributed by atoms with Gasteiger partial charge < -0.3 is 10.2 Å². The van der Waals surface area contributed by atoms with Crippen LogP contribution < -0.4 is 10.2 Å². The SMILES string of the molecule is Cc1cc(Cl)cc2c1N(C)C(C)(C)CN2. The Kier molecular flexibility index (Phi) is 2.34. The Morgan fingerprint density at radius 3 is 2.73 bits per heavy atom. The fourth-order valence-corrected chi connectivity index (χ4v) is 2.32. The van der Waals surface area contributed by atoms with Gasteiger partial charge in [0.25, 0.3) is 0 Å². The first-order valence-corrected chi connectivity index (χ1v) is 5.57. The first kappa shape index (κ1) is 10.6. The molecule has 1 aliphatic rings. The van der Waals surface area contributed by atoms with Crippen LogP contribution in [0.4, 0.5) is 11.4 Å². The van der Waals surface area contributed by atoms with E-state index in [1.807, 2.05) is 12.1 Å². The molecule has 0 radical (unpaired) electrons. The van der Waals surface area contributed by atoms with Gasteiger partial charge in [0.2, 0.25) is 0 Å². The summed E-state index contributed by atoms with van der Waals surface area (Å²) in [5.74, 6) is 0. The molecule has 0 saturated heterocycles. The summed E-state index contributed by atoms with van der Waals surface area (Å²) in [5, 5.41) is 4.24. The number of anilines is 2. The number of halogens is 1. The molecule has 82 valence electrons. The van der Waals surface area contributed by atoms with Crippen LogP contribution in [0.1, 0.15) is 19.4 Å². The van der Waals surface area contributed by atoms with Crippen LogP contribution in [0.2, 0.25) is 5.02 Å². The minimum absolute atomic E-state index is 0.144. The number of nitrogens with zero attached hydrogens (tertiary/aromatic N) is 1. The van der Waals surface area contributed by atoms with Crippen molar-refractivity contribution in [3.8, 4) is 0 Å².